The van der Waals surface area contributed by atoms with Crippen LogP contribution in [-0.2, 0) is 12.8 Å². The summed E-state index contributed by atoms with van der Waals surface area (Å²) in [7, 11) is 0. The molecule has 0 fully saturated rings. The Hall–Kier alpha value is -2.07. The van der Waals surface area contributed by atoms with Crippen LogP contribution in [-0.4, -0.2) is 12.1 Å². The van der Waals surface area contributed by atoms with Crippen LogP contribution in [0.3, 0.4) is 0 Å². The molecule has 0 radical (unpaired) electrons. The Balaban J connectivity index is 1.56. The molecule has 2 aliphatic rings. The van der Waals surface area contributed by atoms with Gasteiger partial charge >= 0.3 is 0 Å². The van der Waals surface area contributed by atoms with Crippen LogP contribution in [0, 0.1) is 11.3 Å². The predicted molar refractivity (Wildman–Crippen MR) is 110 cm³/mol. The number of rotatable bonds is 2. The molecular formula is C22H26N2OS. The second-order valence-corrected chi connectivity index (χ2v) is 9.48. The lowest BCUT2D eigenvalue weighted by Gasteiger charge is -2.34. The van der Waals surface area contributed by atoms with Crippen molar-refractivity contribution in [1.82, 2.24) is 5.32 Å². The smallest absolute Gasteiger partial charge is 0.256 e. The van der Waals surface area contributed by atoms with Gasteiger partial charge in [0, 0.05) is 4.88 Å². The van der Waals surface area contributed by atoms with E-state index in [1.807, 2.05) is 30.4 Å². The number of benzene rings is 1. The minimum atomic E-state index is -0.159. The quantitative estimate of drug-likeness (QED) is 0.777. The molecule has 1 aliphatic heterocycles. The first-order valence-electron chi connectivity index (χ1n) is 9.37. The maximum atomic E-state index is 12.7. The predicted octanol–water partition coefficient (Wildman–Crippen LogP) is 5.09. The molecular weight excluding hydrogens is 340 g/mol. The van der Waals surface area contributed by atoms with Crippen LogP contribution in [0.4, 0.5) is 5.00 Å². The molecule has 1 aromatic carbocycles. The number of anilines is 1. The van der Waals surface area contributed by atoms with E-state index >= 15 is 0 Å². The average molecular weight is 367 g/mol. The number of fused-ring (bicyclic) bond motifs is 3. The summed E-state index contributed by atoms with van der Waals surface area (Å²) in [6.45, 7) is 6.97. The topological polar surface area (TPSA) is 41.1 Å². The minimum Gasteiger partial charge on any atom is -0.353 e. The van der Waals surface area contributed by atoms with E-state index in [1.54, 1.807) is 11.3 Å². The van der Waals surface area contributed by atoms with Crippen molar-refractivity contribution < 1.29 is 4.79 Å². The van der Waals surface area contributed by atoms with Gasteiger partial charge in [-0.15, -0.1) is 11.3 Å². The summed E-state index contributed by atoms with van der Waals surface area (Å²) in [6.07, 6.45) is 7.19. The van der Waals surface area contributed by atoms with Crippen LogP contribution >= 0.6 is 11.3 Å². The molecule has 2 atom stereocenters. The average Bonchev–Trinajstić information content (AvgIpc) is 2.98. The molecule has 2 N–H and O–H groups in total. The van der Waals surface area contributed by atoms with Gasteiger partial charge in [-0.3, -0.25) is 4.79 Å². The molecule has 1 amide bonds. The van der Waals surface area contributed by atoms with Crippen molar-refractivity contribution >= 4 is 28.3 Å². The third-order valence-electron chi connectivity index (χ3n) is 5.57. The standard InChI is InChI=1S/C22H26N2OS/c1-22(2,3)15-10-11-16-17(13-15)26-21-19(16)20(25)23-18(24-21)12-9-14-7-5-4-6-8-14/h4-9,12,15,18,24H,10-11,13H2,1-3H3,(H,23,25). The summed E-state index contributed by atoms with van der Waals surface area (Å²) in [5.74, 6) is 0.750. The lowest BCUT2D eigenvalue weighted by molar-refractivity contribution is 0.0942. The molecule has 1 aliphatic carbocycles. The summed E-state index contributed by atoms with van der Waals surface area (Å²) < 4.78 is 0. The third kappa shape index (κ3) is 3.30. The van der Waals surface area contributed by atoms with E-state index in [0.717, 1.165) is 29.0 Å². The monoisotopic (exact) mass is 366 g/mol. The van der Waals surface area contributed by atoms with Crippen molar-refractivity contribution in [3.05, 3.63) is 58.0 Å². The molecule has 1 aromatic heterocycles. The van der Waals surface area contributed by atoms with Crippen LogP contribution in [0.15, 0.2) is 36.4 Å². The van der Waals surface area contributed by atoms with Gasteiger partial charge in [0.15, 0.2) is 0 Å². The molecule has 26 heavy (non-hydrogen) atoms. The zero-order chi connectivity index (χ0) is 18.3. The number of carbonyl (C=O) groups is 1. The van der Waals surface area contributed by atoms with Gasteiger partial charge in [-0.05, 0) is 47.8 Å². The Bertz CT molecular complexity index is 845. The van der Waals surface area contributed by atoms with Crippen molar-refractivity contribution in [2.75, 3.05) is 5.32 Å². The number of hydrogen-bond donors (Lipinski definition) is 2. The summed E-state index contributed by atoms with van der Waals surface area (Å²) >= 11 is 1.78. The molecule has 0 saturated heterocycles. The van der Waals surface area contributed by atoms with E-state index in [0.29, 0.717) is 11.3 Å². The maximum absolute atomic E-state index is 12.7. The summed E-state index contributed by atoms with van der Waals surface area (Å²) in [4.78, 5) is 14.1. The molecule has 0 bridgehead atoms. The van der Waals surface area contributed by atoms with Gasteiger partial charge in [0.25, 0.3) is 5.91 Å². The molecule has 0 saturated carbocycles. The van der Waals surface area contributed by atoms with E-state index in [4.69, 9.17) is 0 Å². The maximum Gasteiger partial charge on any atom is 0.256 e. The lowest BCUT2D eigenvalue weighted by atomic mass is 9.72. The van der Waals surface area contributed by atoms with Gasteiger partial charge < -0.3 is 10.6 Å². The van der Waals surface area contributed by atoms with E-state index in [1.165, 1.54) is 16.9 Å². The Morgan fingerprint density at radius 1 is 1.15 bits per heavy atom. The largest absolute Gasteiger partial charge is 0.353 e. The molecule has 3 nitrogen and oxygen atoms in total. The Labute approximate surface area is 159 Å². The van der Waals surface area contributed by atoms with Crippen molar-refractivity contribution in [3.63, 3.8) is 0 Å². The molecule has 2 heterocycles. The van der Waals surface area contributed by atoms with Crippen molar-refractivity contribution in [2.45, 2.75) is 46.2 Å². The number of carbonyl (C=O) groups excluding carboxylic acids is 1. The fourth-order valence-electron chi connectivity index (χ4n) is 3.93. The molecule has 2 aromatic rings. The Morgan fingerprint density at radius 3 is 2.65 bits per heavy atom. The van der Waals surface area contributed by atoms with Gasteiger partial charge in [0.05, 0.1) is 5.56 Å². The first-order chi connectivity index (χ1) is 12.4. The molecule has 2 unspecified atom stereocenters. The lowest BCUT2D eigenvalue weighted by Crippen LogP contribution is -2.43. The molecule has 4 heteroatoms. The second-order valence-electron chi connectivity index (χ2n) is 8.38. The van der Waals surface area contributed by atoms with Crippen molar-refractivity contribution in [3.8, 4) is 0 Å². The number of nitrogens with one attached hydrogen (secondary N) is 2. The van der Waals surface area contributed by atoms with Crippen LogP contribution < -0.4 is 10.6 Å². The minimum absolute atomic E-state index is 0.0631. The van der Waals surface area contributed by atoms with E-state index in [2.05, 4.69) is 43.5 Å². The highest BCUT2D eigenvalue weighted by Crippen LogP contribution is 2.45. The first-order valence-corrected chi connectivity index (χ1v) is 10.2. The van der Waals surface area contributed by atoms with E-state index in [-0.39, 0.29) is 12.1 Å². The Morgan fingerprint density at radius 2 is 1.92 bits per heavy atom. The van der Waals surface area contributed by atoms with Gasteiger partial charge in [-0.25, -0.2) is 0 Å². The fourth-order valence-corrected chi connectivity index (χ4v) is 5.29. The first kappa shape index (κ1) is 17.3. The molecule has 136 valence electrons. The summed E-state index contributed by atoms with van der Waals surface area (Å²) in [5.41, 5.74) is 3.62. The fraction of sp³-hybridized carbons (Fsp3) is 0.409. The van der Waals surface area contributed by atoms with Gasteiger partial charge in [-0.1, -0.05) is 57.2 Å². The van der Waals surface area contributed by atoms with Crippen LogP contribution in [0.2, 0.25) is 0 Å². The van der Waals surface area contributed by atoms with Crippen molar-refractivity contribution in [1.29, 1.82) is 0 Å². The SMILES string of the molecule is CC(C)(C)C1CCc2c(sc3c2C(=O)NC(C=Cc2ccccc2)N3)C1. The van der Waals surface area contributed by atoms with Crippen molar-refractivity contribution in [2.24, 2.45) is 11.3 Å². The Kier molecular flexibility index (Phi) is 4.39. The second kappa shape index (κ2) is 6.58. The number of hydrogen-bond acceptors (Lipinski definition) is 3. The van der Waals surface area contributed by atoms with Gasteiger partial charge in [-0.2, -0.15) is 0 Å². The molecule has 0 spiro atoms. The zero-order valence-electron chi connectivity index (χ0n) is 15.6. The summed E-state index contributed by atoms with van der Waals surface area (Å²) in [5, 5.41) is 7.64. The van der Waals surface area contributed by atoms with Crippen LogP contribution in [0.1, 0.15) is 53.6 Å². The van der Waals surface area contributed by atoms with Gasteiger partial charge in [0.2, 0.25) is 0 Å². The van der Waals surface area contributed by atoms with Crippen LogP contribution in [0.5, 0.6) is 0 Å². The normalized spacial score (nSPS) is 22.5. The number of thiophene rings is 1. The third-order valence-corrected chi connectivity index (χ3v) is 6.76. The van der Waals surface area contributed by atoms with Crippen LogP contribution in [0.25, 0.3) is 6.08 Å². The number of amides is 1. The van der Waals surface area contributed by atoms with Gasteiger partial charge in [0.1, 0.15) is 11.2 Å². The highest BCUT2D eigenvalue weighted by molar-refractivity contribution is 7.16. The highest BCUT2D eigenvalue weighted by atomic mass is 32.1. The molecule has 4 rings (SSSR count). The van der Waals surface area contributed by atoms with E-state index in [9.17, 15) is 4.79 Å². The summed E-state index contributed by atoms with van der Waals surface area (Å²) in [6, 6.07) is 10.2. The van der Waals surface area contributed by atoms with E-state index < -0.39 is 0 Å². The zero-order valence-corrected chi connectivity index (χ0v) is 16.5. The highest BCUT2D eigenvalue weighted by Gasteiger charge is 2.35.